The van der Waals surface area contributed by atoms with Gasteiger partial charge in [-0.05, 0) is 61.3 Å². The molecule has 1 aromatic carbocycles. The summed E-state index contributed by atoms with van der Waals surface area (Å²) in [7, 11) is 0. The van der Waals surface area contributed by atoms with E-state index in [1.165, 1.54) is 37.2 Å². The molecule has 5 rings (SSSR count). The third-order valence-electron chi connectivity index (χ3n) is 4.59. The van der Waals surface area contributed by atoms with Crippen LogP contribution in [0.4, 0.5) is 0 Å². The van der Waals surface area contributed by atoms with Gasteiger partial charge in [-0.15, -0.1) is 0 Å². The number of fused-ring (bicyclic) bond motifs is 4. The maximum Gasteiger partial charge on any atom is 0.272 e. The van der Waals surface area contributed by atoms with Crippen molar-refractivity contribution in [2.24, 2.45) is 5.92 Å². The van der Waals surface area contributed by atoms with Crippen LogP contribution in [0.3, 0.4) is 0 Å². The van der Waals surface area contributed by atoms with E-state index in [2.05, 4.69) is 30.9 Å². The Bertz CT molecular complexity index is 693. The summed E-state index contributed by atoms with van der Waals surface area (Å²) in [5.74, 6) is 0.500. The summed E-state index contributed by atoms with van der Waals surface area (Å²) in [6.45, 7) is 0. The van der Waals surface area contributed by atoms with Crippen molar-refractivity contribution in [1.82, 2.24) is 15.0 Å². The Morgan fingerprint density at radius 3 is 2.86 bits per heavy atom. The van der Waals surface area contributed by atoms with E-state index in [9.17, 15) is 4.79 Å². The first-order valence-electron chi connectivity index (χ1n) is 7.32. The standard InChI is InChI=1S/C15H16BrN3OS/c16-9-3-6-12-11(7-9)13(19-21-12)15(20)18-14-8-1-4-10(17-14)5-2-8/h3,6-8,10,14,17H,1-2,4-5H2,(H,18,20). The highest BCUT2D eigenvalue weighted by Gasteiger charge is 2.36. The molecule has 3 fully saturated rings. The molecule has 1 aromatic heterocycles. The number of aromatic nitrogens is 1. The average Bonchev–Trinajstić information content (AvgIpc) is 2.91. The summed E-state index contributed by atoms with van der Waals surface area (Å²) in [5.41, 5.74) is 0.541. The maximum absolute atomic E-state index is 12.6. The lowest BCUT2D eigenvalue weighted by molar-refractivity contribution is 0.0800. The fourth-order valence-corrected chi connectivity index (χ4v) is 4.57. The van der Waals surface area contributed by atoms with Gasteiger partial charge in [0, 0.05) is 15.9 Å². The second-order valence-electron chi connectivity index (χ2n) is 5.90. The number of benzene rings is 1. The van der Waals surface area contributed by atoms with Gasteiger partial charge in [-0.1, -0.05) is 15.9 Å². The molecule has 1 amide bonds. The first kappa shape index (κ1) is 13.7. The van der Waals surface area contributed by atoms with Crippen LogP contribution in [0, 0.1) is 5.92 Å². The number of carbonyl (C=O) groups is 1. The Balaban J connectivity index is 1.57. The molecule has 2 aliphatic heterocycles. The minimum absolute atomic E-state index is 0.0654. The van der Waals surface area contributed by atoms with E-state index < -0.39 is 0 Å². The number of nitrogens with zero attached hydrogens (tertiary/aromatic N) is 1. The van der Waals surface area contributed by atoms with Crippen molar-refractivity contribution in [2.45, 2.75) is 37.9 Å². The van der Waals surface area contributed by atoms with E-state index in [1.54, 1.807) is 0 Å². The number of amides is 1. The quantitative estimate of drug-likeness (QED) is 0.858. The summed E-state index contributed by atoms with van der Waals surface area (Å²) in [5, 5.41) is 7.61. The van der Waals surface area contributed by atoms with Crippen LogP contribution >= 0.6 is 27.5 Å². The first-order valence-corrected chi connectivity index (χ1v) is 8.89. The van der Waals surface area contributed by atoms with Crippen molar-refractivity contribution in [3.63, 3.8) is 0 Å². The number of hydrogen-bond acceptors (Lipinski definition) is 4. The third kappa shape index (κ3) is 2.49. The molecule has 1 saturated carbocycles. The fourth-order valence-electron chi connectivity index (χ4n) is 3.45. The smallest absolute Gasteiger partial charge is 0.272 e. The van der Waals surface area contributed by atoms with Gasteiger partial charge in [-0.3, -0.25) is 10.1 Å². The van der Waals surface area contributed by atoms with Crippen molar-refractivity contribution in [2.75, 3.05) is 0 Å². The molecule has 110 valence electrons. The SMILES string of the molecule is O=C(NC1NC2CCC1CC2)c1nsc2ccc(Br)cc12. The molecule has 4 nitrogen and oxygen atoms in total. The summed E-state index contributed by atoms with van der Waals surface area (Å²) >= 11 is 4.83. The second kappa shape index (κ2) is 5.34. The summed E-state index contributed by atoms with van der Waals surface area (Å²) in [6.07, 6.45) is 5.01. The number of carbonyl (C=O) groups excluding carboxylic acids is 1. The Kier molecular flexibility index (Phi) is 3.47. The molecule has 6 heteroatoms. The normalized spacial score (nSPS) is 28.0. The lowest BCUT2D eigenvalue weighted by atomic mass is 9.79. The van der Waals surface area contributed by atoms with Crippen LogP contribution in [0.5, 0.6) is 0 Å². The highest BCUT2D eigenvalue weighted by atomic mass is 79.9. The molecule has 3 aliphatic rings. The Morgan fingerprint density at radius 2 is 2.14 bits per heavy atom. The van der Waals surface area contributed by atoms with E-state index in [-0.39, 0.29) is 12.1 Å². The largest absolute Gasteiger partial charge is 0.335 e. The number of hydrogen-bond donors (Lipinski definition) is 2. The Morgan fingerprint density at radius 1 is 1.33 bits per heavy atom. The van der Waals surface area contributed by atoms with Gasteiger partial charge >= 0.3 is 0 Å². The molecular weight excluding hydrogens is 350 g/mol. The average molecular weight is 366 g/mol. The molecule has 0 radical (unpaired) electrons. The Hall–Kier alpha value is -0.980. The molecule has 1 atom stereocenters. The molecule has 0 spiro atoms. The summed E-state index contributed by atoms with van der Waals surface area (Å²) in [4.78, 5) is 12.6. The van der Waals surface area contributed by atoms with E-state index in [0.29, 0.717) is 17.7 Å². The van der Waals surface area contributed by atoms with E-state index in [1.807, 2.05) is 18.2 Å². The molecule has 2 N–H and O–H groups in total. The monoisotopic (exact) mass is 365 g/mol. The predicted molar refractivity (Wildman–Crippen MR) is 87.5 cm³/mol. The molecule has 1 aliphatic carbocycles. The maximum atomic E-state index is 12.6. The van der Waals surface area contributed by atoms with E-state index >= 15 is 0 Å². The van der Waals surface area contributed by atoms with Gasteiger partial charge in [0.25, 0.3) is 5.91 Å². The Labute approximate surface area is 135 Å². The zero-order chi connectivity index (χ0) is 14.4. The summed E-state index contributed by atoms with van der Waals surface area (Å²) in [6, 6.07) is 6.51. The highest BCUT2D eigenvalue weighted by Crippen LogP contribution is 2.32. The van der Waals surface area contributed by atoms with Gasteiger partial charge in [0.15, 0.2) is 0 Å². The van der Waals surface area contributed by atoms with Crippen molar-refractivity contribution in [3.05, 3.63) is 28.4 Å². The van der Waals surface area contributed by atoms with Gasteiger partial charge in [-0.2, -0.15) is 4.37 Å². The van der Waals surface area contributed by atoms with Crippen LogP contribution in [0.15, 0.2) is 22.7 Å². The number of rotatable bonds is 2. The summed E-state index contributed by atoms with van der Waals surface area (Å²) < 4.78 is 6.36. The predicted octanol–water partition coefficient (Wildman–Crippen LogP) is 3.28. The lowest BCUT2D eigenvalue weighted by Crippen LogP contribution is -2.60. The van der Waals surface area contributed by atoms with Crippen molar-refractivity contribution >= 4 is 43.5 Å². The van der Waals surface area contributed by atoms with Crippen LogP contribution in [0.1, 0.15) is 36.2 Å². The fraction of sp³-hybridized carbons (Fsp3) is 0.467. The van der Waals surface area contributed by atoms with Gasteiger partial charge in [0.2, 0.25) is 0 Å². The number of piperidine rings is 2. The number of nitrogens with one attached hydrogen (secondary N) is 2. The first-order chi connectivity index (χ1) is 10.2. The van der Waals surface area contributed by atoms with Crippen molar-refractivity contribution < 1.29 is 4.79 Å². The van der Waals surface area contributed by atoms with Crippen LogP contribution < -0.4 is 10.6 Å². The number of halogens is 1. The highest BCUT2D eigenvalue weighted by molar-refractivity contribution is 9.10. The van der Waals surface area contributed by atoms with Crippen molar-refractivity contribution in [1.29, 1.82) is 0 Å². The van der Waals surface area contributed by atoms with Crippen LogP contribution in [-0.2, 0) is 0 Å². The van der Waals surface area contributed by atoms with Crippen molar-refractivity contribution in [3.8, 4) is 0 Å². The molecule has 2 aromatic rings. The minimum atomic E-state index is -0.0654. The van der Waals surface area contributed by atoms with Crippen LogP contribution in [-0.4, -0.2) is 22.5 Å². The van der Waals surface area contributed by atoms with Crippen LogP contribution in [0.25, 0.3) is 10.1 Å². The van der Waals surface area contributed by atoms with Gasteiger partial charge < -0.3 is 5.32 Å². The zero-order valence-electron chi connectivity index (χ0n) is 11.4. The lowest BCUT2D eigenvalue weighted by Gasteiger charge is -2.43. The molecule has 1 unspecified atom stereocenters. The van der Waals surface area contributed by atoms with E-state index in [0.717, 1.165) is 14.6 Å². The van der Waals surface area contributed by atoms with Gasteiger partial charge in [0.1, 0.15) is 5.69 Å². The minimum Gasteiger partial charge on any atom is -0.335 e. The molecule has 21 heavy (non-hydrogen) atoms. The van der Waals surface area contributed by atoms with Gasteiger partial charge in [-0.25, -0.2) is 0 Å². The molecule has 2 saturated heterocycles. The zero-order valence-corrected chi connectivity index (χ0v) is 13.8. The molecule has 3 heterocycles. The molecular formula is C15H16BrN3OS. The third-order valence-corrected chi connectivity index (χ3v) is 5.91. The van der Waals surface area contributed by atoms with Crippen LogP contribution in [0.2, 0.25) is 0 Å². The topological polar surface area (TPSA) is 54.0 Å². The van der Waals surface area contributed by atoms with E-state index in [4.69, 9.17) is 0 Å². The van der Waals surface area contributed by atoms with Gasteiger partial charge in [0.05, 0.1) is 10.9 Å². The molecule has 2 bridgehead atoms. The second-order valence-corrected chi connectivity index (χ2v) is 7.62.